The molecule has 0 amide bonds. The molecule has 65 heavy (non-hydrogen) atoms. The number of fused-ring (bicyclic) bond motifs is 12. The smallest absolute Gasteiger partial charge is 0.332 e. The fraction of sp³-hybridized carbons (Fsp3) is 0.933. The van der Waals surface area contributed by atoms with Crippen LogP contribution in [0.2, 0.25) is 0 Å². The zero-order chi connectivity index (χ0) is 46.7. The number of hydrogen-bond acceptors (Lipinski definition) is 5. The van der Waals surface area contributed by atoms with Crippen LogP contribution < -0.4 is 0 Å². The van der Waals surface area contributed by atoms with E-state index in [-0.39, 0.29) is 63.2 Å². The topological polar surface area (TPSA) is 61.8 Å². The van der Waals surface area contributed by atoms with Gasteiger partial charge in [-0.15, -0.1) is 0 Å². The maximum absolute atomic E-state index is 15.4. The van der Waals surface area contributed by atoms with Crippen LogP contribution in [0, 0.1) is 109 Å². The summed E-state index contributed by atoms with van der Waals surface area (Å²) in [7, 11) is 1.58. The minimum atomic E-state index is -0.332. The highest BCUT2D eigenvalue weighted by atomic mass is 16.6. The average Bonchev–Trinajstić information content (AvgIpc) is 3.82. The minimum Gasteiger partial charge on any atom is -0.462 e. The first-order valence-corrected chi connectivity index (χ1v) is 28.2. The molecule has 8 saturated carbocycles. The molecule has 9 rings (SSSR count). The van der Waals surface area contributed by atoms with E-state index in [9.17, 15) is 4.79 Å². The van der Waals surface area contributed by atoms with Gasteiger partial charge >= 0.3 is 11.9 Å². The number of methoxy groups -OCH3 is 1. The van der Waals surface area contributed by atoms with Gasteiger partial charge in [-0.1, -0.05) is 114 Å². The second-order valence-electron chi connectivity index (χ2n) is 28.1. The third-order valence-corrected chi connectivity index (χ3v) is 24.8. The lowest BCUT2D eigenvalue weighted by atomic mass is 9.32. The Balaban J connectivity index is 0.900. The third-order valence-electron chi connectivity index (χ3n) is 24.8. The van der Waals surface area contributed by atoms with Gasteiger partial charge in [-0.05, 0) is 207 Å². The van der Waals surface area contributed by atoms with Crippen molar-refractivity contribution in [2.45, 2.75) is 230 Å². The SMILES string of the molecule is COCC(=O)O[C@H]1CC[C@@]2(C)C(CC[C@]3(C)[C@@H]2CC[C@@H]2C4[C@H](C(C)C)CC[C@]4(C(=O)O[C@@H]4CC[C@@]5(C)C(=CC[C@H]6[C@@H]7CC[C@H]([C@H](C)CCCC(C)C)[C@@]7(C)CC[C@@H]65)C4)CC[C@]23C)C1(C)C. The van der Waals surface area contributed by atoms with Crippen LogP contribution in [0.3, 0.4) is 0 Å². The van der Waals surface area contributed by atoms with Crippen LogP contribution in [-0.4, -0.2) is 37.9 Å². The van der Waals surface area contributed by atoms with Crippen LogP contribution in [0.4, 0.5) is 0 Å². The van der Waals surface area contributed by atoms with E-state index in [2.05, 4.69) is 89.2 Å². The number of rotatable bonds is 11. The molecule has 0 radical (unpaired) electrons. The molecule has 0 N–H and O–H groups in total. The van der Waals surface area contributed by atoms with E-state index in [0.29, 0.717) is 40.9 Å². The van der Waals surface area contributed by atoms with Crippen molar-refractivity contribution >= 4 is 11.9 Å². The standard InChI is InChI=1S/C60H98O5/c1-37(2)15-14-16-39(5)44-19-20-45-43-18-17-40-35-41(23-28-55(40,8)46(43)25-29-56(44,45)9)64-53(62)60-32-24-42(38(3)4)52(60)47-21-22-49-57(10)30-27-50(65-51(61)36-63-13)54(6,7)48(57)26-31-59(49,12)58(47,11)33-34-60/h17,37-39,41-50,52H,14-16,18-36H2,1-13H3/t39-,41-,42+,43+,44-,45+,46+,47-,48?,49-,50+,52?,55+,56-,57+,58-,59-,60+/m1/s1. The molecule has 368 valence electrons. The molecule has 9 aliphatic rings. The largest absolute Gasteiger partial charge is 0.462 e. The maximum Gasteiger partial charge on any atom is 0.332 e. The van der Waals surface area contributed by atoms with Gasteiger partial charge in [0.05, 0.1) is 5.41 Å². The molecule has 5 nitrogen and oxygen atoms in total. The van der Waals surface area contributed by atoms with E-state index in [1.165, 1.54) is 89.9 Å². The minimum absolute atomic E-state index is 0.0281. The van der Waals surface area contributed by atoms with Gasteiger partial charge < -0.3 is 14.2 Å². The van der Waals surface area contributed by atoms with Crippen LogP contribution in [0.1, 0.15) is 218 Å². The van der Waals surface area contributed by atoms with Gasteiger partial charge in [-0.3, -0.25) is 4.79 Å². The predicted octanol–water partition coefficient (Wildman–Crippen LogP) is 15.2. The molecule has 0 aromatic rings. The first kappa shape index (κ1) is 48.7. The first-order chi connectivity index (χ1) is 30.6. The summed E-state index contributed by atoms with van der Waals surface area (Å²) in [6.45, 7) is 30.5. The van der Waals surface area contributed by atoms with E-state index >= 15 is 4.79 Å². The van der Waals surface area contributed by atoms with Gasteiger partial charge in [0, 0.05) is 18.9 Å². The van der Waals surface area contributed by atoms with Crippen LogP contribution >= 0.6 is 0 Å². The molecule has 5 heteroatoms. The highest BCUT2D eigenvalue weighted by Crippen LogP contribution is 2.78. The lowest BCUT2D eigenvalue weighted by Gasteiger charge is -2.72. The van der Waals surface area contributed by atoms with Crippen LogP contribution in [0.5, 0.6) is 0 Å². The average molecular weight is 899 g/mol. The molecule has 0 spiro atoms. The number of carbonyl (C=O) groups is 2. The van der Waals surface area contributed by atoms with Crippen molar-refractivity contribution < 1.29 is 23.8 Å². The molecule has 0 heterocycles. The lowest BCUT2D eigenvalue weighted by molar-refractivity contribution is -0.253. The third kappa shape index (κ3) is 7.38. The Morgan fingerprint density at radius 2 is 1.42 bits per heavy atom. The summed E-state index contributed by atoms with van der Waals surface area (Å²) in [5, 5.41) is 0. The van der Waals surface area contributed by atoms with Gasteiger partial charge in [0.2, 0.25) is 0 Å². The molecule has 9 aliphatic carbocycles. The van der Waals surface area contributed by atoms with Gasteiger partial charge in [0.25, 0.3) is 0 Å². The van der Waals surface area contributed by atoms with Crippen molar-refractivity contribution in [2.75, 3.05) is 13.7 Å². The quantitative estimate of drug-likeness (QED) is 0.153. The number of esters is 2. The molecule has 2 unspecified atom stereocenters. The molecular formula is C60H98O5. The Morgan fingerprint density at radius 1 is 0.677 bits per heavy atom. The van der Waals surface area contributed by atoms with Crippen molar-refractivity contribution in [1.29, 1.82) is 0 Å². The summed E-state index contributed by atoms with van der Waals surface area (Å²) in [4.78, 5) is 28.1. The lowest BCUT2D eigenvalue weighted by Crippen LogP contribution is -2.67. The van der Waals surface area contributed by atoms with Crippen molar-refractivity contribution in [3.63, 3.8) is 0 Å². The maximum atomic E-state index is 15.4. The number of hydrogen-bond donors (Lipinski definition) is 0. The zero-order valence-electron chi connectivity index (χ0n) is 44.3. The molecule has 18 atom stereocenters. The van der Waals surface area contributed by atoms with E-state index < -0.39 is 0 Å². The Kier molecular flexibility index (Phi) is 12.9. The van der Waals surface area contributed by atoms with Crippen LogP contribution in [0.25, 0.3) is 0 Å². The Hall–Kier alpha value is -1.36. The Labute approximate surface area is 398 Å². The second-order valence-corrected chi connectivity index (χ2v) is 28.1. The summed E-state index contributed by atoms with van der Waals surface area (Å²) in [5.74, 6) is 8.33. The molecule has 0 aromatic carbocycles. The summed E-state index contributed by atoms with van der Waals surface area (Å²) in [6, 6.07) is 0. The molecule has 0 saturated heterocycles. The van der Waals surface area contributed by atoms with E-state index in [1.807, 2.05) is 0 Å². The predicted molar refractivity (Wildman–Crippen MR) is 264 cm³/mol. The summed E-state index contributed by atoms with van der Waals surface area (Å²) >= 11 is 0. The van der Waals surface area contributed by atoms with E-state index in [4.69, 9.17) is 14.2 Å². The fourth-order valence-electron chi connectivity index (χ4n) is 21.3. The zero-order valence-corrected chi connectivity index (χ0v) is 44.3. The van der Waals surface area contributed by atoms with Gasteiger partial charge in [0.1, 0.15) is 18.8 Å². The van der Waals surface area contributed by atoms with E-state index in [0.717, 1.165) is 80.5 Å². The molecular weight excluding hydrogens is 801 g/mol. The summed E-state index contributed by atoms with van der Waals surface area (Å²) in [6.07, 6.45) is 28.4. The Morgan fingerprint density at radius 3 is 2.14 bits per heavy atom. The molecule has 0 aliphatic heterocycles. The van der Waals surface area contributed by atoms with Gasteiger partial charge in [0.15, 0.2) is 0 Å². The molecule has 8 fully saturated rings. The highest BCUT2D eigenvalue weighted by Gasteiger charge is 2.73. The fourth-order valence-corrected chi connectivity index (χ4v) is 21.3. The van der Waals surface area contributed by atoms with Crippen LogP contribution in [-0.2, 0) is 23.8 Å². The van der Waals surface area contributed by atoms with Gasteiger partial charge in [-0.2, -0.15) is 0 Å². The Bertz CT molecular complexity index is 1810. The second kappa shape index (κ2) is 17.2. The van der Waals surface area contributed by atoms with E-state index in [1.54, 1.807) is 12.7 Å². The number of carbonyl (C=O) groups excluding carboxylic acids is 2. The summed E-state index contributed by atoms with van der Waals surface area (Å²) < 4.78 is 18.4. The number of ether oxygens (including phenoxy) is 3. The monoisotopic (exact) mass is 899 g/mol. The van der Waals surface area contributed by atoms with Crippen LogP contribution in [0.15, 0.2) is 11.6 Å². The first-order valence-electron chi connectivity index (χ1n) is 28.2. The molecule has 0 bridgehead atoms. The van der Waals surface area contributed by atoms with Crippen molar-refractivity contribution in [1.82, 2.24) is 0 Å². The normalized spacial score (nSPS) is 49.0. The highest BCUT2D eigenvalue weighted by molar-refractivity contribution is 5.78. The van der Waals surface area contributed by atoms with Crippen molar-refractivity contribution in [2.24, 2.45) is 109 Å². The number of allylic oxidation sites excluding steroid dienone is 1. The molecule has 0 aromatic heterocycles. The van der Waals surface area contributed by atoms with Crippen molar-refractivity contribution in [3.05, 3.63) is 11.6 Å². The summed E-state index contributed by atoms with van der Waals surface area (Å²) in [5.41, 5.74) is 2.65. The van der Waals surface area contributed by atoms with Gasteiger partial charge in [-0.25, -0.2) is 4.79 Å². The van der Waals surface area contributed by atoms with Crippen molar-refractivity contribution in [3.8, 4) is 0 Å².